The van der Waals surface area contributed by atoms with Crippen LogP contribution < -0.4 is 11.5 Å². The number of anilines is 2. The molecule has 88 valence electrons. The maximum absolute atomic E-state index is 12.9. The van der Waals surface area contributed by atoms with Gasteiger partial charge in [0.15, 0.2) is 5.16 Å². The fraction of sp³-hybridized carbons (Fsp3) is 0.100. The average molecular weight is 251 g/mol. The topological polar surface area (TPSA) is 90.7 Å². The molecule has 2 aromatic rings. The van der Waals surface area contributed by atoms with Gasteiger partial charge in [0.25, 0.3) is 0 Å². The monoisotopic (exact) mass is 251 g/mol. The molecule has 2 heterocycles. The first-order chi connectivity index (χ1) is 8.13. The molecule has 0 aliphatic carbocycles. The Morgan fingerprint density at radius 2 is 1.82 bits per heavy atom. The van der Waals surface area contributed by atoms with Gasteiger partial charge < -0.3 is 11.5 Å². The summed E-state index contributed by atoms with van der Waals surface area (Å²) in [6.45, 7) is 0. The first kappa shape index (κ1) is 11.6. The predicted molar refractivity (Wildman–Crippen MR) is 64.6 cm³/mol. The fourth-order valence-corrected chi connectivity index (χ4v) is 2.00. The zero-order valence-corrected chi connectivity index (χ0v) is 9.62. The predicted octanol–water partition coefficient (Wildman–Crippen LogP) is 1.47. The van der Waals surface area contributed by atoms with Crippen LogP contribution in [0.2, 0.25) is 0 Å². The highest BCUT2D eigenvalue weighted by Gasteiger charge is 2.03. The van der Waals surface area contributed by atoms with Crippen molar-refractivity contribution in [1.82, 2.24) is 15.0 Å². The van der Waals surface area contributed by atoms with Crippen molar-refractivity contribution in [1.29, 1.82) is 0 Å². The Morgan fingerprint density at radius 1 is 1.12 bits per heavy atom. The summed E-state index contributed by atoms with van der Waals surface area (Å²) >= 11 is 1.32. The normalized spacial score (nSPS) is 10.4. The SMILES string of the molecule is Nc1cc(N)nc(SCc2cncc(F)c2)n1. The molecule has 4 N–H and O–H groups in total. The summed E-state index contributed by atoms with van der Waals surface area (Å²) < 4.78 is 12.9. The standard InChI is InChI=1S/C10H10FN5S/c11-7-1-6(3-14-4-7)5-17-10-15-8(12)2-9(13)16-10/h1-4H,5H2,(H4,12,13,15,16). The second-order valence-electron chi connectivity index (χ2n) is 3.30. The first-order valence-corrected chi connectivity index (χ1v) is 5.74. The molecule has 2 aromatic heterocycles. The van der Waals surface area contributed by atoms with E-state index < -0.39 is 0 Å². The number of halogens is 1. The summed E-state index contributed by atoms with van der Waals surface area (Å²) in [5.41, 5.74) is 11.8. The largest absolute Gasteiger partial charge is 0.383 e. The lowest BCUT2D eigenvalue weighted by molar-refractivity contribution is 0.619. The molecule has 0 radical (unpaired) electrons. The molecule has 5 nitrogen and oxygen atoms in total. The van der Waals surface area contributed by atoms with Gasteiger partial charge in [-0.1, -0.05) is 11.8 Å². The second kappa shape index (κ2) is 4.96. The third kappa shape index (κ3) is 3.28. The molecule has 17 heavy (non-hydrogen) atoms. The van der Waals surface area contributed by atoms with Gasteiger partial charge in [0.05, 0.1) is 6.20 Å². The van der Waals surface area contributed by atoms with Crippen molar-refractivity contribution in [2.24, 2.45) is 0 Å². The van der Waals surface area contributed by atoms with E-state index in [-0.39, 0.29) is 5.82 Å². The zero-order chi connectivity index (χ0) is 12.3. The minimum atomic E-state index is -0.365. The second-order valence-corrected chi connectivity index (χ2v) is 4.24. The Hall–Kier alpha value is -1.89. The van der Waals surface area contributed by atoms with E-state index >= 15 is 0 Å². The number of hydrogen-bond acceptors (Lipinski definition) is 6. The van der Waals surface area contributed by atoms with Crippen LogP contribution in [0.4, 0.5) is 16.0 Å². The number of thioether (sulfide) groups is 1. The van der Waals surface area contributed by atoms with E-state index in [4.69, 9.17) is 11.5 Å². The van der Waals surface area contributed by atoms with Gasteiger partial charge >= 0.3 is 0 Å². The first-order valence-electron chi connectivity index (χ1n) is 4.76. The quantitative estimate of drug-likeness (QED) is 0.634. The summed E-state index contributed by atoms with van der Waals surface area (Å²) in [6, 6.07) is 2.89. The Morgan fingerprint density at radius 3 is 2.47 bits per heavy atom. The van der Waals surface area contributed by atoms with Gasteiger partial charge in [-0.15, -0.1) is 0 Å². The maximum Gasteiger partial charge on any atom is 0.191 e. The highest BCUT2D eigenvalue weighted by molar-refractivity contribution is 7.98. The van der Waals surface area contributed by atoms with Crippen LogP contribution >= 0.6 is 11.8 Å². The molecule has 2 rings (SSSR count). The number of hydrogen-bond donors (Lipinski definition) is 2. The van der Waals surface area contributed by atoms with Crippen molar-refractivity contribution in [2.75, 3.05) is 11.5 Å². The van der Waals surface area contributed by atoms with Crippen LogP contribution in [0.5, 0.6) is 0 Å². The van der Waals surface area contributed by atoms with E-state index in [1.54, 1.807) is 6.20 Å². The van der Waals surface area contributed by atoms with E-state index in [0.717, 1.165) is 11.8 Å². The molecule has 0 fully saturated rings. The summed E-state index contributed by atoms with van der Waals surface area (Å²) in [5.74, 6) is 0.777. The molecular weight excluding hydrogens is 241 g/mol. The Labute approximate surface area is 101 Å². The van der Waals surface area contributed by atoms with Gasteiger partial charge in [-0.3, -0.25) is 4.98 Å². The van der Waals surface area contributed by atoms with Gasteiger partial charge in [-0.25, -0.2) is 14.4 Å². The number of nitrogen functional groups attached to an aromatic ring is 2. The van der Waals surface area contributed by atoms with Crippen LogP contribution in [-0.2, 0) is 5.75 Å². The highest BCUT2D eigenvalue weighted by atomic mass is 32.2. The van der Waals surface area contributed by atoms with E-state index in [1.807, 2.05) is 0 Å². The van der Waals surface area contributed by atoms with Crippen molar-refractivity contribution in [3.8, 4) is 0 Å². The summed E-state index contributed by atoms with van der Waals surface area (Å²) in [7, 11) is 0. The van der Waals surface area contributed by atoms with Gasteiger partial charge in [-0.05, 0) is 11.6 Å². The van der Waals surface area contributed by atoms with Crippen LogP contribution in [0.1, 0.15) is 5.56 Å². The molecule has 0 atom stereocenters. The minimum absolute atomic E-state index is 0.317. The van der Waals surface area contributed by atoms with Gasteiger partial charge in [0.2, 0.25) is 0 Å². The van der Waals surface area contributed by atoms with Crippen LogP contribution in [0.3, 0.4) is 0 Å². The summed E-state index contributed by atoms with van der Waals surface area (Å²) in [4.78, 5) is 11.8. The van der Waals surface area contributed by atoms with Gasteiger partial charge in [0.1, 0.15) is 17.5 Å². The lowest BCUT2D eigenvalue weighted by Crippen LogP contribution is -1.99. The lowest BCUT2D eigenvalue weighted by Gasteiger charge is -2.02. The Bertz CT molecular complexity index is 514. The van der Waals surface area contributed by atoms with E-state index in [1.165, 1.54) is 23.9 Å². The lowest BCUT2D eigenvalue weighted by atomic mass is 10.3. The van der Waals surface area contributed by atoms with Crippen LogP contribution in [0.25, 0.3) is 0 Å². The smallest absolute Gasteiger partial charge is 0.191 e. The molecule has 0 aromatic carbocycles. The van der Waals surface area contributed by atoms with Crippen LogP contribution in [0.15, 0.2) is 29.7 Å². The van der Waals surface area contributed by atoms with Crippen LogP contribution in [0, 0.1) is 5.82 Å². The fourth-order valence-electron chi connectivity index (χ4n) is 1.21. The van der Waals surface area contributed by atoms with E-state index in [0.29, 0.717) is 22.5 Å². The molecule has 0 amide bonds. The average Bonchev–Trinajstić information content (AvgIpc) is 2.25. The number of aromatic nitrogens is 3. The van der Waals surface area contributed by atoms with Gasteiger partial charge in [-0.2, -0.15) is 0 Å². The molecule has 0 aliphatic rings. The third-order valence-corrected chi connectivity index (χ3v) is 2.79. The molecule has 0 unspecified atom stereocenters. The van der Waals surface area contributed by atoms with Gasteiger partial charge in [0, 0.05) is 18.0 Å². The number of pyridine rings is 1. The molecule has 0 saturated carbocycles. The van der Waals surface area contributed by atoms with Crippen molar-refractivity contribution < 1.29 is 4.39 Å². The van der Waals surface area contributed by atoms with Crippen molar-refractivity contribution in [2.45, 2.75) is 10.9 Å². The van der Waals surface area contributed by atoms with Crippen molar-refractivity contribution in [3.63, 3.8) is 0 Å². The van der Waals surface area contributed by atoms with E-state index in [2.05, 4.69) is 15.0 Å². The summed E-state index contributed by atoms with van der Waals surface area (Å²) in [5, 5.41) is 0.465. The Kier molecular flexibility index (Phi) is 3.38. The van der Waals surface area contributed by atoms with Crippen molar-refractivity contribution >= 4 is 23.4 Å². The Balaban J connectivity index is 2.07. The molecule has 0 bridgehead atoms. The third-order valence-electron chi connectivity index (χ3n) is 1.87. The highest BCUT2D eigenvalue weighted by Crippen LogP contribution is 2.20. The van der Waals surface area contributed by atoms with Crippen molar-refractivity contribution in [3.05, 3.63) is 35.9 Å². The summed E-state index contributed by atoms with van der Waals surface area (Å²) in [6.07, 6.45) is 2.74. The minimum Gasteiger partial charge on any atom is -0.383 e. The van der Waals surface area contributed by atoms with Crippen LogP contribution in [-0.4, -0.2) is 15.0 Å². The molecular formula is C10H10FN5S. The number of nitrogens with two attached hydrogens (primary N) is 2. The number of rotatable bonds is 3. The zero-order valence-electron chi connectivity index (χ0n) is 8.80. The molecule has 0 aliphatic heterocycles. The van der Waals surface area contributed by atoms with E-state index in [9.17, 15) is 4.39 Å². The number of nitrogens with zero attached hydrogens (tertiary/aromatic N) is 3. The molecule has 0 saturated heterocycles. The molecule has 7 heteroatoms. The maximum atomic E-state index is 12.9. The molecule has 0 spiro atoms.